The zero-order valence-electron chi connectivity index (χ0n) is 12.1. The summed E-state index contributed by atoms with van der Waals surface area (Å²) in [6.07, 6.45) is 1.41. The number of hydrogen-bond donors (Lipinski definition) is 0. The summed E-state index contributed by atoms with van der Waals surface area (Å²) in [5, 5.41) is 0. The minimum atomic E-state index is -3.52. The van der Waals surface area contributed by atoms with Gasteiger partial charge in [0.25, 0.3) is 0 Å². The van der Waals surface area contributed by atoms with Gasteiger partial charge in [0.15, 0.2) is 0 Å². The topological polar surface area (TPSA) is 47.0 Å². The molecule has 0 saturated carbocycles. The van der Waals surface area contributed by atoms with Crippen LogP contribution in [-0.2, 0) is 9.84 Å². The predicted octanol–water partition coefficient (Wildman–Crippen LogP) is 3.89. The molecule has 0 unspecified atom stereocenters. The highest BCUT2D eigenvalue weighted by atomic mass is 32.2. The smallest absolute Gasteiger partial charge is 0.208 e. The van der Waals surface area contributed by atoms with Crippen molar-refractivity contribution in [3.8, 4) is 11.3 Å². The van der Waals surface area contributed by atoms with Gasteiger partial charge in [0, 0.05) is 11.8 Å². The van der Waals surface area contributed by atoms with Gasteiger partial charge in [0.1, 0.15) is 0 Å². The minimum absolute atomic E-state index is 0.205. The van der Waals surface area contributed by atoms with Crippen LogP contribution in [0, 0.1) is 6.92 Å². The van der Waals surface area contributed by atoms with Crippen LogP contribution in [0.4, 0.5) is 0 Å². The molecule has 2 aromatic carbocycles. The fourth-order valence-electron chi connectivity index (χ4n) is 2.17. The van der Waals surface area contributed by atoms with E-state index in [0.717, 1.165) is 16.8 Å². The van der Waals surface area contributed by atoms with Crippen LogP contribution in [0.25, 0.3) is 11.3 Å². The summed E-state index contributed by atoms with van der Waals surface area (Å²) >= 11 is 0. The highest BCUT2D eigenvalue weighted by Gasteiger charge is 2.17. The second-order valence-electron chi connectivity index (χ2n) is 5.06. The zero-order chi connectivity index (χ0) is 15.6. The molecule has 0 radical (unpaired) electrons. The lowest BCUT2D eigenvalue weighted by Crippen LogP contribution is -2.02. The highest BCUT2D eigenvalue weighted by molar-refractivity contribution is 7.91. The van der Waals surface area contributed by atoms with Gasteiger partial charge in [-0.3, -0.25) is 4.98 Å². The Bertz CT molecular complexity index is 869. The molecule has 4 heteroatoms. The Balaban J connectivity index is 1.97. The molecule has 0 aliphatic carbocycles. The van der Waals surface area contributed by atoms with Gasteiger partial charge in [-0.15, -0.1) is 0 Å². The fourth-order valence-corrected chi connectivity index (χ4v) is 3.38. The lowest BCUT2D eigenvalue weighted by molar-refractivity contribution is 0.595. The van der Waals surface area contributed by atoms with E-state index in [0.29, 0.717) is 0 Å². The minimum Gasteiger partial charge on any atom is -0.255 e. The molecular formula is C18H15NO2S. The molecule has 22 heavy (non-hydrogen) atoms. The van der Waals surface area contributed by atoms with Gasteiger partial charge in [-0.1, -0.05) is 48.0 Å². The molecule has 0 spiro atoms. The molecule has 0 aliphatic rings. The third kappa shape index (κ3) is 2.78. The summed E-state index contributed by atoms with van der Waals surface area (Å²) in [6, 6.07) is 19.8. The molecule has 1 aromatic heterocycles. The van der Waals surface area contributed by atoms with Crippen molar-refractivity contribution in [1.82, 2.24) is 4.98 Å². The molecule has 0 saturated heterocycles. The van der Waals surface area contributed by atoms with E-state index >= 15 is 0 Å². The van der Waals surface area contributed by atoms with E-state index in [1.807, 2.05) is 37.3 Å². The standard InChI is InChI=1S/C18H15NO2S/c1-14-7-9-16(10-8-14)22(20,21)17-11-12-18(19-13-17)15-5-3-2-4-6-15/h2-13H,1H3. The molecule has 0 bridgehead atoms. The van der Waals surface area contributed by atoms with E-state index in [1.54, 1.807) is 36.4 Å². The van der Waals surface area contributed by atoms with Crippen molar-refractivity contribution in [3.63, 3.8) is 0 Å². The van der Waals surface area contributed by atoms with Crippen LogP contribution in [0.2, 0.25) is 0 Å². The third-order valence-corrected chi connectivity index (χ3v) is 5.20. The van der Waals surface area contributed by atoms with Crippen LogP contribution in [0.5, 0.6) is 0 Å². The van der Waals surface area contributed by atoms with Crippen molar-refractivity contribution in [2.75, 3.05) is 0 Å². The Hall–Kier alpha value is -2.46. The molecule has 3 nitrogen and oxygen atoms in total. The monoisotopic (exact) mass is 309 g/mol. The molecule has 0 amide bonds. The summed E-state index contributed by atoms with van der Waals surface area (Å²) in [4.78, 5) is 4.77. The predicted molar refractivity (Wildman–Crippen MR) is 86.3 cm³/mol. The van der Waals surface area contributed by atoms with Gasteiger partial charge < -0.3 is 0 Å². The van der Waals surface area contributed by atoms with Crippen molar-refractivity contribution >= 4 is 9.84 Å². The van der Waals surface area contributed by atoms with E-state index in [1.165, 1.54) is 6.20 Å². The Morgan fingerprint density at radius 3 is 2.00 bits per heavy atom. The molecule has 110 valence electrons. The Morgan fingerprint density at radius 2 is 1.41 bits per heavy atom. The summed E-state index contributed by atoms with van der Waals surface area (Å²) in [5.74, 6) is 0. The quantitative estimate of drug-likeness (QED) is 0.737. The average molecular weight is 309 g/mol. The van der Waals surface area contributed by atoms with E-state index in [2.05, 4.69) is 4.98 Å². The number of nitrogens with zero attached hydrogens (tertiary/aromatic N) is 1. The van der Waals surface area contributed by atoms with Gasteiger partial charge in [0.05, 0.1) is 15.5 Å². The number of pyridine rings is 1. The Kier molecular flexibility index (Phi) is 3.77. The second kappa shape index (κ2) is 5.73. The van der Waals surface area contributed by atoms with Crippen molar-refractivity contribution in [1.29, 1.82) is 0 Å². The summed E-state index contributed by atoms with van der Waals surface area (Å²) in [6.45, 7) is 1.92. The summed E-state index contributed by atoms with van der Waals surface area (Å²) in [5.41, 5.74) is 2.74. The van der Waals surface area contributed by atoms with Crippen LogP contribution < -0.4 is 0 Å². The molecule has 3 rings (SSSR count). The van der Waals surface area contributed by atoms with Crippen molar-refractivity contribution in [2.24, 2.45) is 0 Å². The van der Waals surface area contributed by atoms with E-state index in [4.69, 9.17) is 0 Å². The van der Waals surface area contributed by atoms with Crippen LogP contribution in [0.3, 0.4) is 0 Å². The van der Waals surface area contributed by atoms with Crippen molar-refractivity contribution in [2.45, 2.75) is 16.7 Å². The van der Waals surface area contributed by atoms with Crippen LogP contribution >= 0.6 is 0 Å². The number of benzene rings is 2. The maximum absolute atomic E-state index is 12.6. The molecule has 1 heterocycles. The van der Waals surface area contributed by atoms with E-state index in [9.17, 15) is 8.42 Å². The van der Waals surface area contributed by atoms with E-state index < -0.39 is 9.84 Å². The molecular weight excluding hydrogens is 294 g/mol. The van der Waals surface area contributed by atoms with Gasteiger partial charge in [-0.25, -0.2) is 8.42 Å². The molecule has 3 aromatic rings. The normalized spacial score (nSPS) is 11.3. The number of rotatable bonds is 3. The van der Waals surface area contributed by atoms with Gasteiger partial charge in [-0.05, 0) is 31.2 Å². The first-order valence-electron chi connectivity index (χ1n) is 6.90. The number of sulfone groups is 1. The van der Waals surface area contributed by atoms with Gasteiger partial charge in [-0.2, -0.15) is 0 Å². The molecule has 0 N–H and O–H groups in total. The molecule has 0 aliphatic heterocycles. The first-order chi connectivity index (χ1) is 10.6. The third-order valence-electron chi connectivity index (χ3n) is 3.45. The van der Waals surface area contributed by atoms with Crippen molar-refractivity contribution in [3.05, 3.63) is 78.5 Å². The van der Waals surface area contributed by atoms with Crippen LogP contribution in [-0.4, -0.2) is 13.4 Å². The maximum atomic E-state index is 12.6. The van der Waals surface area contributed by atoms with Crippen molar-refractivity contribution < 1.29 is 8.42 Å². The van der Waals surface area contributed by atoms with E-state index in [-0.39, 0.29) is 9.79 Å². The number of aryl methyl sites for hydroxylation is 1. The molecule has 0 atom stereocenters. The lowest BCUT2D eigenvalue weighted by Gasteiger charge is -2.06. The first-order valence-corrected chi connectivity index (χ1v) is 8.39. The highest BCUT2D eigenvalue weighted by Crippen LogP contribution is 2.23. The van der Waals surface area contributed by atoms with Crippen LogP contribution in [0.15, 0.2) is 82.7 Å². The van der Waals surface area contributed by atoms with Crippen LogP contribution in [0.1, 0.15) is 5.56 Å². The largest absolute Gasteiger partial charge is 0.255 e. The number of hydrogen-bond acceptors (Lipinski definition) is 3. The van der Waals surface area contributed by atoms with Gasteiger partial charge >= 0.3 is 0 Å². The zero-order valence-corrected chi connectivity index (χ0v) is 12.9. The molecule has 0 fully saturated rings. The van der Waals surface area contributed by atoms with Gasteiger partial charge in [0.2, 0.25) is 9.84 Å². The second-order valence-corrected chi connectivity index (χ2v) is 7.01. The Labute approximate surface area is 130 Å². The fraction of sp³-hybridized carbons (Fsp3) is 0.0556. The number of aromatic nitrogens is 1. The lowest BCUT2D eigenvalue weighted by atomic mass is 10.1. The average Bonchev–Trinajstić information content (AvgIpc) is 2.56. The SMILES string of the molecule is Cc1ccc(S(=O)(=O)c2ccc(-c3ccccc3)nc2)cc1. The Morgan fingerprint density at radius 1 is 0.773 bits per heavy atom. The maximum Gasteiger partial charge on any atom is 0.208 e. The summed E-state index contributed by atoms with van der Waals surface area (Å²) in [7, 11) is -3.52. The summed E-state index contributed by atoms with van der Waals surface area (Å²) < 4.78 is 25.1. The first kappa shape index (κ1) is 14.5.